The highest BCUT2D eigenvalue weighted by molar-refractivity contribution is 5.73. The maximum absolute atomic E-state index is 10.2. The Balaban J connectivity index is 3.37. The Kier molecular flexibility index (Phi) is 4.95. The first kappa shape index (κ1) is 9.79. The molecule has 0 aromatic heterocycles. The highest BCUT2D eigenvalue weighted by atomic mass is 16.6. The van der Waals surface area contributed by atoms with Crippen LogP contribution in [0.4, 0.5) is 4.79 Å². The van der Waals surface area contributed by atoms with Crippen LogP contribution in [0.25, 0.3) is 0 Å². The molecule has 1 unspecified atom stereocenters. The van der Waals surface area contributed by atoms with Crippen LogP contribution in [0.2, 0.25) is 0 Å². The number of hydrogen-bond acceptors (Lipinski definition) is 5. The molecule has 0 rings (SSSR count). The number of carbonyl (C=O) groups is 1. The van der Waals surface area contributed by atoms with Gasteiger partial charge in [-0.25, -0.2) is 10.6 Å². The van der Waals surface area contributed by atoms with Crippen LogP contribution in [0.1, 0.15) is 6.92 Å². The van der Waals surface area contributed by atoms with Gasteiger partial charge in [-0.05, 0) is 6.92 Å². The van der Waals surface area contributed by atoms with Crippen molar-refractivity contribution in [2.24, 2.45) is 16.2 Å². The zero-order valence-electron chi connectivity index (χ0n) is 6.02. The normalized spacial score (nSPS) is 13.0. The average molecular weight is 162 g/mol. The van der Waals surface area contributed by atoms with Gasteiger partial charge in [0.05, 0.1) is 6.10 Å². The van der Waals surface area contributed by atoms with Gasteiger partial charge in [-0.3, -0.25) is 5.43 Å². The van der Waals surface area contributed by atoms with E-state index in [-0.39, 0.29) is 6.61 Å². The van der Waals surface area contributed by atoms with Crippen LogP contribution in [0.15, 0.2) is 10.4 Å². The number of rotatable bonds is 3. The molecule has 0 aromatic rings. The Morgan fingerprint density at radius 3 is 3.00 bits per heavy atom. The van der Waals surface area contributed by atoms with Gasteiger partial charge in [0, 0.05) is 5.28 Å². The summed E-state index contributed by atoms with van der Waals surface area (Å²) in [4.78, 5) is 14.6. The number of hydrogen-bond donors (Lipinski definition) is 3. The van der Waals surface area contributed by atoms with E-state index in [1.165, 1.54) is 6.92 Å². The molecule has 0 radical (unpaired) electrons. The van der Waals surface area contributed by atoms with E-state index in [1.54, 1.807) is 5.43 Å². The first-order valence-electron chi connectivity index (χ1n) is 2.88. The van der Waals surface area contributed by atoms with Crippen LogP contribution in [-0.2, 0) is 4.84 Å². The van der Waals surface area contributed by atoms with Crippen molar-refractivity contribution in [1.82, 2.24) is 5.43 Å². The first-order valence-corrected chi connectivity index (χ1v) is 2.88. The monoisotopic (exact) mass is 162 g/mol. The molecule has 4 N–H and O–H groups in total. The third-order valence-corrected chi connectivity index (χ3v) is 0.629. The summed E-state index contributed by atoms with van der Waals surface area (Å²) in [5.41, 5.74) is 1.71. The topological polar surface area (TPSA) is 109 Å². The molecule has 64 valence electrons. The van der Waals surface area contributed by atoms with Crippen molar-refractivity contribution >= 4 is 6.03 Å². The second kappa shape index (κ2) is 5.57. The summed E-state index contributed by atoms with van der Waals surface area (Å²) >= 11 is 0. The number of nitrogens with one attached hydrogen (secondary N) is 1. The molecule has 0 fully saturated rings. The summed E-state index contributed by atoms with van der Waals surface area (Å²) in [7, 11) is 0. The van der Waals surface area contributed by atoms with Gasteiger partial charge >= 0.3 is 6.03 Å². The Morgan fingerprint density at radius 1 is 1.91 bits per heavy atom. The summed E-state index contributed by atoms with van der Waals surface area (Å²) in [6, 6.07) is -0.810. The molecule has 0 aliphatic carbocycles. The molecule has 0 saturated carbocycles. The van der Waals surface area contributed by atoms with E-state index in [9.17, 15) is 4.79 Å². The van der Waals surface area contributed by atoms with Crippen molar-refractivity contribution in [3.05, 3.63) is 0 Å². The molecule has 0 saturated heterocycles. The first-order chi connectivity index (χ1) is 5.16. The fraction of sp³-hybridized carbons (Fsp3) is 0.750. The third-order valence-electron chi connectivity index (χ3n) is 0.629. The van der Waals surface area contributed by atoms with Crippen molar-refractivity contribution < 1.29 is 14.7 Å². The second-order valence-corrected chi connectivity index (χ2v) is 1.78. The molecular formula is C4H10N4O3. The Labute approximate surface area is 63.2 Å². The van der Waals surface area contributed by atoms with Crippen molar-refractivity contribution in [2.45, 2.75) is 13.0 Å². The molecule has 0 aliphatic rings. The van der Waals surface area contributed by atoms with Gasteiger partial charge in [-0.1, -0.05) is 5.11 Å². The van der Waals surface area contributed by atoms with Gasteiger partial charge in [0.1, 0.15) is 6.61 Å². The van der Waals surface area contributed by atoms with Crippen molar-refractivity contribution in [2.75, 3.05) is 6.61 Å². The zero-order valence-corrected chi connectivity index (χ0v) is 6.02. The molecule has 0 heterocycles. The van der Waals surface area contributed by atoms with Gasteiger partial charge in [-0.2, -0.15) is 0 Å². The third kappa shape index (κ3) is 6.68. The zero-order chi connectivity index (χ0) is 8.69. The predicted octanol–water partition coefficient (Wildman–Crippen LogP) is -0.666. The summed E-state index contributed by atoms with van der Waals surface area (Å²) < 4.78 is 0. The summed E-state index contributed by atoms with van der Waals surface area (Å²) in [6.45, 7) is 1.50. The minimum atomic E-state index is -0.810. The largest absolute Gasteiger partial charge is 0.390 e. The van der Waals surface area contributed by atoms with E-state index < -0.39 is 12.1 Å². The molecule has 7 nitrogen and oxygen atoms in total. The molecule has 0 bridgehead atoms. The number of aliphatic hydroxyl groups excluding tert-OH is 1. The lowest BCUT2D eigenvalue weighted by Crippen LogP contribution is -2.26. The van der Waals surface area contributed by atoms with Gasteiger partial charge in [0.15, 0.2) is 0 Å². The van der Waals surface area contributed by atoms with Crippen molar-refractivity contribution in [1.29, 1.82) is 0 Å². The molecule has 1 atom stereocenters. The number of hydrazine groups is 1. The average Bonchev–Trinajstić information content (AvgIpc) is 1.97. The lowest BCUT2D eigenvalue weighted by Gasteiger charge is -1.98. The van der Waals surface area contributed by atoms with E-state index in [0.29, 0.717) is 0 Å². The number of amides is 2. The molecule has 0 aromatic carbocycles. The van der Waals surface area contributed by atoms with Crippen LogP contribution in [-0.4, -0.2) is 23.8 Å². The standard InChI is InChI=1S/C4H10N4O3/c1-3(9)2-11-8-7-4(10)6-5/h3,9H,2,5H2,1H3,(H,6,10). The van der Waals surface area contributed by atoms with Crippen molar-refractivity contribution in [3.8, 4) is 0 Å². The quantitative estimate of drug-likeness (QED) is 0.221. The van der Waals surface area contributed by atoms with E-state index in [4.69, 9.17) is 5.11 Å². The number of aliphatic hydroxyl groups is 1. The Bertz CT molecular complexity index is 146. The number of nitrogens with two attached hydrogens (primary N) is 1. The van der Waals surface area contributed by atoms with Crippen LogP contribution in [0.5, 0.6) is 0 Å². The number of nitrogens with zero attached hydrogens (tertiary/aromatic N) is 2. The molecule has 0 spiro atoms. The SMILES string of the molecule is CC(O)CON=NC(=O)NN. The van der Waals surface area contributed by atoms with Crippen molar-refractivity contribution in [3.63, 3.8) is 0 Å². The van der Waals surface area contributed by atoms with E-state index in [1.807, 2.05) is 0 Å². The highest BCUT2D eigenvalue weighted by Crippen LogP contribution is 1.84. The Morgan fingerprint density at radius 2 is 2.55 bits per heavy atom. The predicted molar refractivity (Wildman–Crippen MR) is 35.2 cm³/mol. The van der Waals surface area contributed by atoms with E-state index in [2.05, 4.69) is 21.1 Å². The minimum absolute atomic E-state index is 0.0125. The van der Waals surface area contributed by atoms with Crippen LogP contribution >= 0.6 is 0 Å². The van der Waals surface area contributed by atoms with Gasteiger partial charge < -0.3 is 9.94 Å². The van der Waals surface area contributed by atoms with E-state index in [0.717, 1.165) is 0 Å². The second-order valence-electron chi connectivity index (χ2n) is 1.78. The number of urea groups is 1. The molecule has 0 aliphatic heterocycles. The maximum atomic E-state index is 10.2. The maximum Gasteiger partial charge on any atom is 0.376 e. The molecule has 2 amide bonds. The molecule has 7 heteroatoms. The van der Waals surface area contributed by atoms with Gasteiger partial charge in [0.25, 0.3) is 0 Å². The minimum Gasteiger partial charge on any atom is -0.390 e. The molecule has 11 heavy (non-hydrogen) atoms. The number of carbonyl (C=O) groups excluding carboxylic acids is 1. The smallest absolute Gasteiger partial charge is 0.376 e. The Hall–Kier alpha value is -1.21. The van der Waals surface area contributed by atoms with Crippen LogP contribution < -0.4 is 11.3 Å². The summed E-state index contributed by atoms with van der Waals surface area (Å²) in [5.74, 6) is 4.66. The van der Waals surface area contributed by atoms with Gasteiger partial charge in [0.2, 0.25) is 0 Å². The fourth-order valence-corrected chi connectivity index (χ4v) is 0.236. The summed E-state index contributed by atoms with van der Waals surface area (Å²) in [5, 5.41) is 14.5. The fourth-order valence-electron chi connectivity index (χ4n) is 0.236. The van der Waals surface area contributed by atoms with Crippen LogP contribution in [0.3, 0.4) is 0 Å². The summed E-state index contributed by atoms with van der Waals surface area (Å²) in [6.07, 6.45) is -0.644. The highest BCUT2D eigenvalue weighted by Gasteiger charge is 1.94. The van der Waals surface area contributed by atoms with E-state index >= 15 is 0 Å². The van der Waals surface area contributed by atoms with Gasteiger partial charge in [-0.15, -0.1) is 0 Å². The lowest BCUT2D eigenvalue weighted by atomic mass is 10.5. The lowest BCUT2D eigenvalue weighted by molar-refractivity contribution is 0.0398. The molecular weight excluding hydrogens is 152 g/mol. The van der Waals surface area contributed by atoms with Crippen LogP contribution in [0, 0.1) is 0 Å².